The van der Waals surface area contributed by atoms with Crippen LogP contribution in [-0.4, -0.2) is 33.6 Å². The van der Waals surface area contributed by atoms with E-state index in [1.165, 1.54) is 5.38 Å². The molecule has 0 aliphatic carbocycles. The smallest absolute Gasteiger partial charge is 0.345 e. The zero-order chi connectivity index (χ0) is 15.6. The summed E-state index contributed by atoms with van der Waals surface area (Å²) in [5, 5.41) is 10.1. The van der Waals surface area contributed by atoms with Crippen molar-refractivity contribution in [3.8, 4) is 0 Å². The molecule has 0 saturated carbocycles. The molecule has 0 radical (unpaired) electrons. The Morgan fingerprint density at radius 2 is 2.00 bits per heavy atom. The third-order valence-electron chi connectivity index (χ3n) is 2.71. The molecule has 0 aliphatic rings. The lowest BCUT2D eigenvalue weighted by Crippen LogP contribution is -2.13. The molecular formula is C13H14N2O4S2. The van der Waals surface area contributed by atoms with E-state index < -0.39 is 16.0 Å². The summed E-state index contributed by atoms with van der Waals surface area (Å²) in [6, 6.07) is 8.07. The highest BCUT2D eigenvalue weighted by molar-refractivity contribution is 7.92. The molecule has 0 bridgehead atoms. The zero-order valence-corrected chi connectivity index (χ0v) is 13.0. The Morgan fingerprint density at radius 3 is 2.57 bits per heavy atom. The highest BCUT2D eigenvalue weighted by Gasteiger charge is 2.18. The second kappa shape index (κ2) is 5.74. The first-order chi connectivity index (χ1) is 9.79. The van der Waals surface area contributed by atoms with Crippen molar-refractivity contribution in [2.75, 3.05) is 23.7 Å². The van der Waals surface area contributed by atoms with Gasteiger partial charge in [0.2, 0.25) is 0 Å². The number of anilines is 2. The number of nitrogens with one attached hydrogen (secondary N) is 1. The summed E-state index contributed by atoms with van der Waals surface area (Å²) < 4.78 is 26.9. The normalized spacial score (nSPS) is 11.1. The molecule has 2 N–H and O–H groups in total. The standard InChI is InChI=1S/C13H14N2O4S2/c1-15(2)10-5-3-4-9(6-10)14-21(18,19)11-7-12(13(16)17)20-8-11/h3-8,14H,1-2H3,(H,16,17). The van der Waals surface area contributed by atoms with E-state index >= 15 is 0 Å². The number of nitrogens with zero attached hydrogens (tertiary/aromatic N) is 1. The number of rotatable bonds is 5. The van der Waals surface area contributed by atoms with Crippen LogP contribution in [0.2, 0.25) is 0 Å². The predicted molar refractivity (Wildman–Crippen MR) is 82.9 cm³/mol. The molecule has 1 aromatic heterocycles. The Kier molecular flexibility index (Phi) is 4.19. The van der Waals surface area contributed by atoms with Crippen LogP contribution in [0.3, 0.4) is 0 Å². The number of aromatic carboxylic acids is 1. The second-order valence-electron chi connectivity index (χ2n) is 4.50. The average Bonchev–Trinajstić information content (AvgIpc) is 2.89. The highest BCUT2D eigenvalue weighted by Crippen LogP contribution is 2.24. The topological polar surface area (TPSA) is 86.7 Å². The van der Waals surface area contributed by atoms with E-state index in [0.717, 1.165) is 23.1 Å². The van der Waals surface area contributed by atoms with Gasteiger partial charge in [0.05, 0.1) is 10.6 Å². The molecule has 0 fully saturated rings. The number of thiophene rings is 1. The van der Waals surface area contributed by atoms with Crippen LogP contribution in [0, 0.1) is 0 Å². The summed E-state index contributed by atoms with van der Waals surface area (Å²) >= 11 is 0.876. The van der Waals surface area contributed by atoms with E-state index in [1.807, 2.05) is 25.1 Å². The molecule has 2 rings (SSSR count). The second-order valence-corrected chi connectivity index (χ2v) is 7.10. The van der Waals surface area contributed by atoms with Crippen LogP contribution in [-0.2, 0) is 10.0 Å². The molecule has 21 heavy (non-hydrogen) atoms. The predicted octanol–water partition coefficient (Wildman–Crippen LogP) is 2.31. The first kappa shape index (κ1) is 15.3. The fourth-order valence-electron chi connectivity index (χ4n) is 1.63. The Morgan fingerprint density at radius 1 is 1.29 bits per heavy atom. The highest BCUT2D eigenvalue weighted by atomic mass is 32.2. The Balaban J connectivity index is 2.28. The molecule has 0 unspecified atom stereocenters. The molecule has 1 heterocycles. The van der Waals surface area contributed by atoms with Gasteiger partial charge in [-0.3, -0.25) is 4.72 Å². The van der Waals surface area contributed by atoms with Crippen LogP contribution in [0.1, 0.15) is 9.67 Å². The summed E-state index contributed by atoms with van der Waals surface area (Å²) in [5.74, 6) is -1.14. The number of carbonyl (C=O) groups is 1. The lowest BCUT2D eigenvalue weighted by Gasteiger charge is -2.14. The molecule has 0 atom stereocenters. The lowest BCUT2D eigenvalue weighted by molar-refractivity contribution is 0.0702. The van der Waals surface area contributed by atoms with Crippen molar-refractivity contribution in [1.82, 2.24) is 0 Å². The number of carboxylic acids is 1. The summed E-state index contributed by atoms with van der Waals surface area (Å²) in [7, 11) is -0.0843. The number of hydrogen-bond donors (Lipinski definition) is 2. The molecule has 0 saturated heterocycles. The monoisotopic (exact) mass is 326 g/mol. The average molecular weight is 326 g/mol. The number of carboxylic acid groups (broad SMARTS) is 1. The van der Waals surface area contributed by atoms with Crippen molar-refractivity contribution in [3.05, 3.63) is 40.6 Å². The van der Waals surface area contributed by atoms with E-state index in [4.69, 9.17) is 5.11 Å². The molecule has 0 amide bonds. The first-order valence-electron chi connectivity index (χ1n) is 5.91. The third kappa shape index (κ3) is 3.53. The molecule has 2 aromatic rings. The Labute approximate surface area is 126 Å². The van der Waals surface area contributed by atoms with E-state index in [1.54, 1.807) is 18.2 Å². The van der Waals surface area contributed by atoms with Crippen LogP contribution in [0.15, 0.2) is 40.6 Å². The van der Waals surface area contributed by atoms with Crippen LogP contribution >= 0.6 is 11.3 Å². The van der Waals surface area contributed by atoms with Gasteiger partial charge < -0.3 is 10.0 Å². The van der Waals surface area contributed by atoms with E-state index in [0.29, 0.717) is 5.69 Å². The van der Waals surface area contributed by atoms with Crippen molar-refractivity contribution in [1.29, 1.82) is 0 Å². The number of sulfonamides is 1. The van der Waals surface area contributed by atoms with Crippen molar-refractivity contribution in [3.63, 3.8) is 0 Å². The van der Waals surface area contributed by atoms with Gasteiger partial charge >= 0.3 is 5.97 Å². The quantitative estimate of drug-likeness (QED) is 0.880. The Bertz CT molecular complexity index is 766. The summed E-state index contributed by atoms with van der Waals surface area (Å²) in [6.07, 6.45) is 0. The number of hydrogen-bond acceptors (Lipinski definition) is 5. The van der Waals surface area contributed by atoms with Crippen molar-refractivity contribution in [2.45, 2.75) is 4.90 Å². The molecule has 0 aliphatic heterocycles. The van der Waals surface area contributed by atoms with Gasteiger partial charge in [0.25, 0.3) is 10.0 Å². The number of benzene rings is 1. The zero-order valence-electron chi connectivity index (χ0n) is 11.4. The van der Waals surface area contributed by atoms with Crippen LogP contribution in [0.5, 0.6) is 0 Å². The van der Waals surface area contributed by atoms with Gasteiger partial charge in [0.15, 0.2) is 0 Å². The van der Waals surface area contributed by atoms with Gasteiger partial charge in [-0.25, -0.2) is 13.2 Å². The fourth-order valence-corrected chi connectivity index (χ4v) is 3.79. The molecule has 6 nitrogen and oxygen atoms in total. The lowest BCUT2D eigenvalue weighted by atomic mass is 10.3. The van der Waals surface area contributed by atoms with Gasteiger partial charge in [0, 0.05) is 25.2 Å². The van der Waals surface area contributed by atoms with Gasteiger partial charge in [-0.15, -0.1) is 11.3 Å². The minimum Gasteiger partial charge on any atom is -0.477 e. The minimum atomic E-state index is -3.79. The maximum Gasteiger partial charge on any atom is 0.345 e. The van der Waals surface area contributed by atoms with E-state index in [-0.39, 0.29) is 9.77 Å². The molecular weight excluding hydrogens is 312 g/mol. The van der Waals surface area contributed by atoms with Crippen molar-refractivity contribution >= 4 is 38.7 Å². The van der Waals surface area contributed by atoms with Crippen LogP contribution < -0.4 is 9.62 Å². The molecule has 8 heteroatoms. The maximum absolute atomic E-state index is 12.2. The summed E-state index contributed by atoms with van der Waals surface area (Å²) in [6.45, 7) is 0. The first-order valence-corrected chi connectivity index (χ1v) is 8.28. The fraction of sp³-hybridized carbons (Fsp3) is 0.154. The molecule has 112 valence electrons. The summed E-state index contributed by atoms with van der Waals surface area (Å²) in [4.78, 5) is 12.6. The van der Waals surface area contributed by atoms with Gasteiger partial charge in [-0.05, 0) is 24.3 Å². The largest absolute Gasteiger partial charge is 0.477 e. The molecule has 1 aromatic carbocycles. The van der Waals surface area contributed by atoms with Crippen molar-refractivity contribution < 1.29 is 18.3 Å². The van der Waals surface area contributed by atoms with Gasteiger partial charge in [-0.2, -0.15) is 0 Å². The van der Waals surface area contributed by atoms with Crippen LogP contribution in [0.4, 0.5) is 11.4 Å². The van der Waals surface area contributed by atoms with Crippen molar-refractivity contribution in [2.24, 2.45) is 0 Å². The van der Waals surface area contributed by atoms with Gasteiger partial charge in [0.1, 0.15) is 4.88 Å². The SMILES string of the molecule is CN(C)c1cccc(NS(=O)(=O)c2csc(C(=O)O)c2)c1. The van der Waals surface area contributed by atoms with E-state index in [2.05, 4.69) is 4.72 Å². The maximum atomic E-state index is 12.2. The minimum absolute atomic E-state index is 0.0163. The molecule has 0 spiro atoms. The van der Waals surface area contributed by atoms with Gasteiger partial charge in [-0.1, -0.05) is 6.07 Å². The summed E-state index contributed by atoms with van der Waals surface area (Å²) in [5.41, 5.74) is 1.27. The van der Waals surface area contributed by atoms with E-state index in [9.17, 15) is 13.2 Å². The third-order valence-corrected chi connectivity index (χ3v) is 5.14. The van der Waals surface area contributed by atoms with Crippen LogP contribution in [0.25, 0.3) is 0 Å². The Hall–Kier alpha value is -2.06.